The maximum Gasteiger partial charge on any atom is 0.337 e. The van der Waals surface area contributed by atoms with Crippen LogP contribution >= 0.6 is 0 Å². The van der Waals surface area contributed by atoms with Gasteiger partial charge >= 0.3 is 12.0 Å². The van der Waals surface area contributed by atoms with Crippen LogP contribution in [0.2, 0.25) is 0 Å². The number of esters is 1. The Kier molecular flexibility index (Phi) is 10.4. The first-order valence-electron chi connectivity index (χ1n) is 13.4. The molecule has 2 atom stereocenters. The second kappa shape index (κ2) is 14.6. The highest BCUT2D eigenvalue weighted by Crippen LogP contribution is 2.35. The van der Waals surface area contributed by atoms with E-state index in [0.717, 1.165) is 11.1 Å². The van der Waals surface area contributed by atoms with Crippen LogP contribution in [-0.4, -0.2) is 49.9 Å². The molecule has 0 saturated heterocycles. The molecule has 2 amide bonds. The van der Waals surface area contributed by atoms with Crippen LogP contribution in [0.5, 0.6) is 17.2 Å². The number of benzene rings is 3. The second-order valence-electron chi connectivity index (χ2n) is 9.23. The van der Waals surface area contributed by atoms with Gasteiger partial charge in [0.1, 0.15) is 19.0 Å². The Balaban J connectivity index is 1.39. The lowest BCUT2D eigenvalue weighted by molar-refractivity contribution is -0.136. The normalized spacial score (nSPS) is 15.4. The Morgan fingerprint density at radius 2 is 1.79 bits per heavy atom. The number of aliphatic hydroxyl groups excluding tert-OH is 1. The number of nitrogens with zero attached hydrogens (tertiary/aromatic N) is 1. The van der Waals surface area contributed by atoms with E-state index in [0.29, 0.717) is 41.7 Å². The first-order chi connectivity index (χ1) is 20.4. The molecule has 0 spiro atoms. The van der Waals surface area contributed by atoms with Crippen LogP contribution in [0.4, 0.5) is 4.79 Å². The largest absolute Gasteiger partial charge is 0.490 e. The van der Waals surface area contributed by atoms with E-state index in [2.05, 4.69) is 21.2 Å². The van der Waals surface area contributed by atoms with Crippen LogP contribution in [0.15, 0.2) is 89.2 Å². The molecule has 4 rings (SSSR count). The summed E-state index contributed by atoms with van der Waals surface area (Å²) in [5.41, 5.74) is 5.70. The number of amides is 2. The van der Waals surface area contributed by atoms with Crippen molar-refractivity contribution in [3.63, 3.8) is 0 Å². The van der Waals surface area contributed by atoms with Gasteiger partial charge < -0.3 is 34.7 Å². The number of rotatable bonds is 13. The second-order valence-corrected chi connectivity index (χ2v) is 9.23. The number of urea groups is 1. The van der Waals surface area contributed by atoms with Gasteiger partial charge in [0.15, 0.2) is 17.7 Å². The van der Waals surface area contributed by atoms with Gasteiger partial charge in [-0.25, -0.2) is 9.59 Å². The molecule has 0 unspecified atom stereocenters. The molecular weight excluding hydrogens is 540 g/mol. The number of allylic oxidation sites excluding steroid dienone is 1. The molecule has 42 heavy (non-hydrogen) atoms. The topological polar surface area (TPSA) is 140 Å². The van der Waals surface area contributed by atoms with Gasteiger partial charge in [-0.1, -0.05) is 48.5 Å². The zero-order chi connectivity index (χ0) is 29.9. The number of carbonyl (C=O) groups is 2. The highest BCUT2D eigenvalue weighted by molar-refractivity contribution is 5.95. The molecule has 0 bridgehead atoms. The van der Waals surface area contributed by atoms with Gasteiger partial charge in [0, 0.05) is 11.3 Å². The van der Waals surface area contributed by atoms with E-state index >= 15 is 0 Å². The fraction of sp³-hybridized carbons (Fsp3) is 0.258. The van der Waals surface area contributed by atoms with Gasteiger partial charge in [0.25, 0.3) is 0 Å². The molecule has 0 aliphatic carbocycles. The molecule has 11 nitrogen and oxygen atoms in total. The summed E-state index contributed by atoms with van der Waals surface area (Å²) >= 11 is 0. The van der Waals surface area contributed by atoms with Crippen molar-refractivity contribution in [2.75, 3.05) is 20.3 Å². The Morgan fingerprint density at radius 3 is 2.55 bits per heavy atom. The third-order valence-corrected chi connectivity index (χ3v) is 6.26. The summed E-state index contributed by atoms with van der Waals surface area (Å²) in [7, 11) is 1.28. The predicted octanol–water partition coefficient (Wildman–Crippen LogP) is 3.79. The Bertz CT molecular complexity index is 1440. The summed E-state index contributed by atoms with van der Waals surface area (Å²) in [6.45, 7) is 4.07. The minimum absolute atomic E-state index is 0.139. The Labute approximate surface area is 244 Å². The lowest BCUT2D eigenvalue weighted by Gasteiger charge is -2.28. The van der Waals surface area contributed by atoms with E-state index in [4.69, 9.17) is 18.9 Å². The zero-order valence-corrected chi connectivity index (χ0v) is 23.6. The van der Waals surface area contributed by atoms with Crippen molar-refractivity contribution in [2.24, 2.45) is 5.10 Å². The number of aliphatic hydroxyl groups is 1. The van der Waals surface area contributed by atoms with Crippen molar-refractivity contribution in [3.8, 4) is 17.2 Å². The van der Waals surface area contributed by atoms with Crippen LogP contribution < -0.4 is 30.3 Å². The third kappa shape index (κ3) is 7.79. The highest BCUT2D eigenvalue weighted by atomic mass is 16.5. The van der Waals surface area contributed by atoms with Gasteiger partial charge in [-0.05, 0) is 49.2 Å². The van der Waals surface area contributed by atoms with Crippen LogP contribution in [0.1, 0.15) is 36.6 Å². The number of ether oxygens (including phenoxy) is 4. The van der Waals surface area contributed by atoms with E-state index in [1.165, 1.54) is 7.11 Å². The molecule has 220 valence electrons. The minimum Gasteiger partial charge on any atom is -0.490 e. The molecular formula is C31H34N4O7. The number of methoxy groups -OCH3 is 1. The lowest BCUT2D eigenvalue weighted by Crippen LogP contribution is -2.45. The van der Waals surface area contributed by atoms with Crippen LogP contribution in [-0.2, 0) is 16.1 Å². The third-order valence-electron chi connectivity index (χ3n) is 6.26. The zero-order valence-electron chi connectivity index (χ0n) is 23.6. The summed E-state index contributed by atoms with van der Waals surface area (Å²) < 4.78 is 22.4. The van der Waals surface area contributed by atoms with Crippen molar-refractivity contribution in [1.29, 1.82) is 0 Å². The van der Waals surface area contributed by atoms with Gasteiger partial charge in [-0.2, -0.15) is 5.10 Å². The number of hydrazone groups is 1. The summed E-state index contributed by atoms with van der Waals surface area (Å²) in [6.07, 6.45) is 0.430. The van der Waals surface area contributed by atoms with Crippen molar-refractivity contribution in [2.45, 2.75) is 32.7 Å². The first kappa shape index (κ1) is 29.9. The van der Waals surface area contributed by atoms with Gasteiger partial charge in [0.2, 0.25) is 0 Å². The Hall–Kier alpha value is -5.03. The maximum absolute atomic E-state index is 12.4. The van der Waals surface area contributed by atoms with E-state index in [9.17, 15) is 14.7 Å². The summed E-state index contributed by atoms with van der Waals surface area (Å²) in [6, 6.07) is 21.1. The molecule has 1 heterocycles. The van der Waals surface area contributed by atoms with E-state index in [-0.39, 0.29) is 12.2 Å². The number of hydrogen-bond acceptors (Lipinski definition) is 9. The molecule has 0 saturated carbocycles. The van der Waals surface area contributed by atoms with Crippen molar-refractivity contribution >= 4 is 18.2 Å². The van der Waals surface area contributed by atoms with E-state index in [1.807, 2.05) is 61.5 Å². The average Bonchev–Trinajstić information content (AvgIpc) is 3.00. The van der Waals surface area contributed by atoms with Crippen molar-refractivity contribution in [3.05, 3.63) is 101 Å². The lowest BCUT2D eigenvalue weighted by atomic mass is 9.95. The summed E-state index contributed by atoms with van der Waals surface area (Å²) in [5.74, 6) is 0.836. The van der Waals surface area contributed by atoms with Crippen LogP contribution in [0.3, 0.4) is 0 Å². The number of nitrogens with one attached hydrogen (secondary N) is 3. The fourth-order valence-electron chi connectivity index (χ4n) is 4.27. The number of carbonyl (C=O) groups excluding carboxylic acids is 2. The average molecular weight is 575 g/mol. The molecule has 1 aliphatic rings. The molecule has 4 N–H and O–H groups in total. The molecule has 0 radical (unpaired) electrons. The van der Waals surface area contributed by atoms with E-state index < -0.39 is 24.3 Å². The van der Waals surface area contributed by atoms with Gasteiger partial charge in [-0.3, -0.25) is 5.43 Å². The summed E-state index contributed by atoms with van der Waals surface area (Å²) in [5, 5.41) is 19.9. The quantitative estimate of drug-likeness (QED) is 0.105. The first-order valence-corrected chi connectivity index (χ1v) is 13.4. The molecule has 3 aromatic rings. The van der Waals surface area contributed by atoms with Crippen LogP contribution in [0, 0.1) is 0 Å². The van der Waals surface area contributed by atoms with Crippen molar-refractivity contribution < 1.29 is 33.6 Å². The molecule has 1 aliphatic heterocycles. The number of hydrogen-bond donors (Lipinski definition) is 4. The highest BCUT2D eigenvalue weighted by Gasteiger charge is 2.32. The number of para-hydroxylation sites is 1. The van der Waals surface area contributed by atoms with Crippen molar-refractivity contribution in [1.82, 2.24) is 16.1 Å². The van der Waals surface area contributed by atoms with Gasteiger partial charge in [-0.15, -0.1) is 0 Å². The Morgan fingerprint density at radius 1 is 1.02 bits per heavy atom. The predicted molar refractivity (Wildman–Crippen MR) is 156 cm³/mol. The monoisotopic (exact) mass is 574 g/mol. The SMILES string of the molecule is CCOc1cc([C@@H]2NC(=O)NC(C)=C2C(=O)OC)ccc1OC[C@@H](O)N/N=C/c1ccccc1OCc1ccccc1. The fourth-order valence-corrected chi connectivity index (χ4v) is 4.27. The smallest absolute Gasteiger partial charge is 0.337 e. The molecule has 3 aromatic carbocycles. The molecule has 0 aromatic heterocycles. The molecule has 11 heteroatoms. The summed E-state index contributed by atoms with van der Waals surface area (Å²) in [4.78, 5) is 24.6. The van der Waals surface area contributed by atoms with E-state index in [1.54, 1.807) is 31.3 Å². The van der Waals surface area contributed by atoms with Crippen LogP contribution in [0.25, 0.3) is 0 Å². The van der Waals surface area contributed by atoms with Gasteiger partial charge in [0.05, 0.1) is 31.5 Å². The molecule has 0 fully saturated rings. The standard InChI is InChI=1S/C31H34N4O7/c1-4-40-26-16-22(29-28(30(37)39-3)20(2)33-31(38)34-29)14-15-25(26)42-19-27(36)35-32-17-23-12-8-9-13-24(23)41-18-21-10-6-5-7-11-21/h5-17,27,29,35-36H,4,18-19H2,1-3H3,(H2,33,34,38)/b32-17+/t27-,29+/m1/s1. The minimum atomic E-state index is -1.13. The maximum atomic E-state index is 12.4.